The largest absolute Gasteiger partial charge is 0.385 e. The molecule has 0 unspecified atom stereocenters. The Kier molecular flexibility index (Phi) is 5.20. The van der Waals surface area contributed by atoms with Crippen molar-refractivity contribution in [1.29, 1.82) is 0 Å². The molecular formula is C11H18OS. The molecule has 0 aliphatic heterocycles. The normalized spacial score (nSPS) is 13.2. The van der Waals surface area contributed by atoms with Gasteiger partial charge in [-0.2, -0.15) is 0 Å². The van der Waals surface area contributed by atoms with Crippen molar-refractivity contribution in [2.24, 2.45) is 5.92 Å². The van der Waals surface area contributed by atoms with Crippen molar-refractivity contribution in [1.82, 2.24) is 0 Å². The number of allylic oxidation sites excluding steroid dienone is 1. The van der Waals surface area contributed by atoms with Gasteiger partial charge in [0.25, 0.3) is 0 Å². The van der Waals surface area contributed by atoms with Crippen LogP contribution in [0.2, 0.25) is 0 Å². The van der Waals surface area contributed by atoms with Crippen molar-refractivity contribution in [3.63, 3.8) is 0 Å². The van der Waals surface area contributed by atoms with Crippen molar-refractivity contribution < 1.29 is 5.11 Å². The monoisotopic (exact) mass is 198 g/mol. The fourth-order valence-corrected chi connectivity index (χ4v) is 1.74. The molecule has 0 fully saturated rings. The van der Waals surface area contributed by atoms with Crippen LogP contribution in [0, 0.1) is 18.3 Å². The molecule has 0 rings (SSSR count). The number of terminal acetylenes is 1. The zero-order chi connectivity index (χ0) is 10.5. The highest BCUT2D eigenvalue weighted by atomic mass is 32.2. The lowest BCUT2D eigenvalue weighted by Crippen LogP contribution is -2.20. The highest BCUT2D eigenvalue weighted by Gasteiger charge is 2.19. The van der Waals surface area contributed by atoms with E-state index in [2.05, 4.69) is 19.8 Å². The molecule has 0 aromatic heterocycles. The van der Waals surface area contributed by atoms with E-state index in [0.717, 1.165) is 10.7 Å². The summed E-state index contributed by atoms with van der Waals surface area (Å²) in [6.45, 7) is 7.79. The number of thioether (sulfide) groups is 1. The van der Waals surface area contributed by atoms with Gasteiger partial charge in [-0.3, -0.25) is 0 Å². The van der Waals surface area contributed by atoms with Crippen LogP contribution in [0.3, 0.4) is 0 Å². The summed E-state index contributed by atoms with van der Waals surface area (Å²) in [7, 11) is 0. The van der Waals surface area contributed by atoms with Gasteiger partial charge in [0, 0.05) is 16.7 Å². The summed E-state index contributed by atoms with van der Waals surface area (Å²) in [4.78, 5) is 0.865. The summed E-state index contributed by atoms with van der Waals surface area (Å²) in [5.74, 6) is 4.04. The van der Waals surface area contributed by atoms with Gasteiger partial charge in [-0.15, -0.1) is 18.2 Å². The van der Waals surface area contributed by atoms with Crippen LogP contribution in [-0.4, -0.2) is 16.5 Å². The van der Waals surface area contributed by atoms with E-state index >= 15 is 0 Å². The van der Waals surface area contributed by atoms with Crippen molar-refractivity contribution in [2.75, 3.05) is 5.75 Å². The van der Waals surface area contributed by atoms with Gasteiger partial charge in [0.2, 0.25) is 0 Å². The maximum atomic E-state index is 9.74. The second-order valence-electron chi connectivity index (χ2n) is 3.94. The molecule has 1 N–H and O–H groups in total. The van der Waals surface area contributed by atoms with Crippen LogP contribution in [0.4, 0.5) is 0 Å². The predicted octanol–water partition coefficient (Wildman–Crippen LogP) is 2.66. The van der Waals surface area contributed by atoms with Gasteiger partial charge in [-0.05, 0) is 19.8 Å². The van der Waals surface area contributed by atoms with Gasteiger partial charge < -0.3 is 5.11 Å². The van der Waals surface area contributed by atoms with Gasteiger partial charge in [0.05, 0.1) is 5.60 Å². The van der Waals surface area contributed by atoms with E-state index in [1.54, 1.807) is 31.7 Å². The molecule has 1 nitrogen and oxygen atoms in total. The zero-order valence-corrected chi connectivity index (χ0v) is 9.61. The smallest absolute Gasteiger partial charge is 0.0904 e. The van der Waals surface area contributed by atoms with E-state index in [-0.39, 0.29) is 0 Å². The first-order chi connectivity index (χ1) is 5.88. The number of hydrogen-bond donors (Lipinski definition) is 1. The first-order valence-corrected chi connectivity index (χ1v) is 5.38. The van der Waals surface area contributed by atoms with Crippen molar-refractivity contribution >= 4 is 11.8 Å². The Balaban J connectivity index is 4.32. The van der Waals surface area contributed by atoms with Crippen molar-refractivity contribution in [3.05, 3.63) is 11.0 Å². The average Bonchev–Trinajstić information content (AvgIpc) is 1.95. The van der Waals surface area contributed by atoms with E-state index in [0.29, 0.717) is 5.92 Å². The molecule has 0 bridgehead atoms. The second-order valence-corrected chi connectivity index (χ2v) is 5.00. The van der Waals surface area contributed by atoms with Gasteiger partial charge in [0.15, 0.2) is 0 Å². The number of rotatable bonds is 4. The van der Waals surface area contributed by atoms with E-state index in [9.17, 15) is 5.11 Å². The third-order valence-electron chi connectivity index (χ3n) is 1.39. The molecule has 0 saturated heterocycles. The van der Waals surface area contributed by atoms with Crippen molar-refractivity contribution in [3.8, 4) is 12.3 Å². The molecule has 0 amide bonds. The number of aliphatic hydroxyl groups is 1. The van der Waals surface area contributed by atoms with E-state index in [1.165, 1.54) is 0 Å². The molecular weight excluding hydrogens is 180 g/mol. The molecule has 0 aliphatic rings. The van der Waals surface area contributed by atoms with Crippen LogP contribution >= 0.6 is 11.8 Å². The van der Waals surface area contributed by atoms with E-state index in [4.69, 9.17) is 6.42 Å². The summed E-state index contributed by atoms with van der Waals surface area (Å²) in [5.41, 5.74) is -0.814. The second kappa shape index (κ2) is 5.36. The molecule has 0 aromatic rings. The third kappa shape index (κ3) is 5.79. The minimum Gasteiger partial charge on any atom is -0.385 e. The van der Waals surface area contributed by atoms with Crippen LogP contribution in [0.5, 0.6) is 0 Å². The summed E-state index contributed by atoms with van der Waals surface area (Å²) >= 11 is 1.63. The van der Waals surface area contributed by atoms with Crippen LogP contribution in [0.15, 0.2) is 11.0 Å². The highest BCUT2D eigenvalue weighted by molar-refractivity contribution is 8.03. The molecule has 0 heterocycles. The Bertz CT molecular complexity index is 215. The molecule has 0 atom stereocenters. The van der Waals surface area contributed by atoms with Gasteiger partial charge in [0.1, 0.15) is 0 Å². The quantitative estimate of drug-likeness (QED) is 0.701. The molecule has 13 heavy (non-hydrogen) atoms. The van der Waals surface area contributed by atoms with Gasteiger partial charge >= 0.3 is 0 Å². The predicted molar refractivity (Wildman–Crippen MR) is 60.5 cm³/mol. The van der Waals surface area contributed by atoms with E-state index < -0.39 is 5.60 Å². The molecule has 0 radical (unpaired) electrons. The van der Waals surface area contributed by atoms with Gasteiger partial charge in [-0.25, -0.2) is 0 Å². The SMILES string of the molecule is C#C/C=C(\SCC(C)C)C(C)(C)O. The Morgan fingerprint density at radius 2 is 2.15 bits per heavy atom. The molecule has 0 saturated carbocycles. The highest BCUT2D eigenvalue weighted by Crippen LogP contribution is 2.28. The fraction of sp³-hybridized carbons (Fsp3) is 0.636. The first-order valence-electron chi connectivity index (χ1n) is 4.40. The summed E-state index contributed by atoms with van der Waals surface area (Å²) in [6, 6.07) is 0. The minimum absolute atomic E-state index is 0.605. The topological polar surface area (TPSA) is 20.2 Å². The van der Waals surface area contributed by atoms with Crippen LogP contribution in [0.25, 0.3) is 0 Å². The zero-order valence-electron chi connectivity index (χ0n) is 8.79. The minimum atomic E-state index is -0.814. The molecule has 0 aromatic carbocycles. The Morgan fingerprint density at radius 3 is 2.46 bits per heavy atom. The maximum Gasteiger partial charge on any atom is 0.0904 e. The van der Waals surface area contributed by atoms with Gasteiger partial charge in [-0.1, -0.05) is 19.8 Å². The molecule has 2 heteroatoms. The van der Waals surface area contributed by atoms with Crippen LogP contribution in [0.1, 0.15) is 27.7 Å². The Hall–Kier alpha value is -0.390. The van der Waals surface area contributed by atoms with Crippen molar-refractivity contribution in [2.45, 2.75) is 33.3 Å². The summed E-state index contributed by atoms with van der Waals surface area (Å²) < 4.78 is 0. The summed E-state index contributed by atoms with van der Waals surface area (Å²) in [6.07, 6.45) is 6.83. The van der Waals surface area contributed by atoms with Crippen LogP contribution in [-0.2, 0) is 0 Å². The first kappa shape index (κ1) is 12.6. The van der Waals surface area contributed by atoms with E-state index in [1.807, 2.05) is 0 Å². The standard InChI is InChI=1S/C11H18OS/c1-6-7-10(11(4,5)12)13-8-9(2)3/h1,7,9,12H,8H2,2-5H3/b10-7-. The number of hydrogen-bond acceptors (Lipinski definition) is 2. The van der Waals surface area contributed by atoms with Crippen LogP contribution < -0.4 is 0 Å². The fourth-order valence-electron chi connectivity index (χ4n) is 0.727. The average molecular weight is 198 g/mol. The lowest BCUT2D eigenvalue weighted by molar-refractivity contribution is 0.129. The third-order valence-corrected chi connectivity index (χ3v) is 3.15. The Morgan fingerprint density at radius 1 is 1.62 bits per heavy atom. The Labute approximate surface area is 85.6 Å². The molecule has 0 aliphatic carbocycles. The maximum absolute atomic E-state index is 9.74. The lowest BCUT2D eigenvalue weighted by Gasteiger charge is -2.21. The lowest BCUT2D eigenvalue weighted by atomic mass is 10.1. The molecule has 74 valence electrons. The summed E-state index contributed by atoms with van der Waals surface area (Å²) in [5, 5.41) is 9.74. The molecule has 0 spiro atoms.